The summed E-state index contributed by atoms with van der Waals surface area (Å²) >= 11 is 0. The van der Waals surface area contributed by atoms with Gasteiger partial charge in [0.2, 0.25) is 5.91 Å². The first-order chi connectivity index (χ1) is 10.2. The lowest BCUT2D eigenvalue weighted by atomic mass is 10.2. The van der Waals surface area contributed by atoms with Crippen molar-refractivity contribution in [3.8, 4) is 0 Å². The third-order valence-electron chi connectivity index (χ3n) is 3.12. The Bertz CT molecular complexity index is 591. The standard InChI is InChI=1S/C18H20N2O/c1-15(19-13-16-8-4-2-5-9-16)12-18(21)20-14-17-10-6-3-7-11-17/h2-11H,12-14H2,1H3,(H,20,21). The van der Waals surface area contributed by atoms with Crippen molar-refractivity contribution in [1.82, 2.24) is 5.32 Å². The molecular weight excluding hydrogens is 260 g/mol. The van der Waals surface area contributed by atoms with E-state index in [-0.39, 0.29) is 5.91 Å². The number of carbonyl (C=O) groups is 1. The van der Waals surface area contributed by atoms with Crippen molar-refractivity contribution in [2.24, 2.45) is 4.99 Å². The van der Waals surface area contributed by atoms with Gasteiger partial charge in [0.25, 0.3) is 0 Å². The second-order valence-corrected chi connectivity index (χ2v) is 4.98. The molecule has 0 radical (unpaired) electrons. The van der Waals surface area contributed by atoms with Gasteiger partial charge < -0.3 is 5.32 Å². The number of nitrogens with one attached hydrogen (secondary N) is 1. The minimum absolute atomic E-state index is 0.00756. The van der Waals surface area contributed by atoms with Crippen LogP contribution in [-0.2, 0) is 17.9 Å². The molecule has 108 valence electrons. The van der Waals surface area contributed by atoms with Crippen LogP contribution in [0.25, 0.3) is 0 Å². The molecule has 0 heterocycles. The van der Waals surface area contributed by atoms with Gasteiger partial charge >= 0.3 is 0 Å². The van der Waals surface area contributed by atoms with Gasteiger partial charge in [0.1, 0.15) is 0 Å². The highest BCUT2D eigenvalue weighted by molar-refractivity contribution is 5.99. The summed E-state index contributed by atoms with van der Waals surface area (Å²) < 4.78 is 0. The van der Waals surface area contributed by atoms with Gasteiger partial charge in [0, 0.05) is 12.3 Å². The highest BCUT2D eigenvalue weighted by Gasteiger charge is 2.03. The molecule has 0 aromatic heterocycles. The van der Waals surface area contributed by atoms with Crippen LogP contribution in [0.2, 0.25) is 0 Å². The fourth-order valence-electron chi connectivity index (χ4n) is 1.96. The number of amides is 1. The van der Waals surface area contributed by atoms with E-state index in [0.717, 1.165) is 16.8 Å². The first kappa shape index (κ1) is 15.0. The number of carbonyl (C=O) groups excluding carboxylic acids is 1. The van der Waals surface area contributed by atoms with Gasteiger partial charge in [-0.1, -0.05) is 60.7 Å². The van der Waals surface area contributed by atoms with Gasteiger partial charge in [0.15, 0.2) is 0 Å². The predicted molar refractivity (Wildman–Crippen MR) is 86.2 cm³/mol. The number of aliphatic imine (C=N–C) groups is 1. The van der Waals surface area contributed by atoms with E-state index in [2.05, 4.69) is 10.3 Å². The summed E-state index contributed by atoms with van der Waals surface area (Å²) in [6.45, 7) is 3.08. The first-order valence-electron chi connectivity index (χ1n) is 7.08. The maximum atomic E-state index is 11.8. The fraction of sp³-hybridized carbons (Fsp3) is 0.222. The first-order valence-corrected chi connectivity index (χ1v) is 7.08. The molecule has 0 unspecified atom stereocenters. The maximum absolute atomic E-state index is 11.8. The van der Waals surface area contributed by atoms with Gasteiger partial charge in [-0.3, -0.25) is 9.79 Å². The molecule has 21 heavy (non-hydrogen) atoms. The van der Waals surface area contributed by atoms with E-state index >= 15 is 0 Å². The Hall–Kier alpha value is -2.42. The van der Waals surface area contributed by atoms with Crippen LogP contribution in [0.3, 0.4) is 0 Å². The molecule has 1 N–H and O–H groups in total. The summed E-state index contributed by atoms with van der Waals surface area (Å²) in [6, 6.07) is 19.9. The zero-order valence-corrected chi connectivity index (χ0v) is 12.3. The zero-order valence-electron chi connectivity index (χ0n) is 12.3. The SMILES string of the molecule is CC(CC(=O)NCc1ccccc1)=NCc1ccccc1. The Morgan fingerprint density at radius 1 is 0.952 bits per heavy atom. The third kappa shape index (κ3) is 5.61. The van der Waals surface area contributed by atoms with Crippen LogP contribution in [0, 0.1) is 0 Å². The molecule has 1 amide bonds. The van der Waals surface area contributed by atoms with E-state index < -0.39 is 0 Å². The minimum Gasteiger partial charge on any atom is -0.352 e. The largest absolute Gasteiger partial charge is 0.352 e. The zero-order chi connectivity index (χ0) is 14.9. The predicted octanol–water partition coefficient (Wildman–Crippen LogP) is 3.35. The van der Waals surface area contributed by atoms with Gasteiger partial charge in [0.05, 0.1) is 13.0 Å². The summed E-state index contributed by atoms with van der Waals surface area (Å²) in [6.07, 6.45) is 0.347. The van der Waals surface area contributed by atoms with Gasteiger partial charge in [-0.2, -0.15) is 0 Å². The van der Waals surface area contributed by atoms with E-state index in [1.165, 1.54) is 0 Å². The summed E-state index contributed by atoms with van der Waals surface area (Å²) in [4.78, 5) is 16.3. The minimum atomic E-state index is 0.00756. The van der Waals surface area contributed by atoms with E-state index in [9.17, 15) is 4.79 Å². The molecule has 0 aliphatic carbocycles. The summed E-state index contributed by atoms with van der Waals surface area (Å²) in [5.41, 5.74) is 3.11. The van der Waals surface area contributed by atoms with Crippen LogP contribution in [0.15, 0.2) is 65.7 Å². The average molecular weight is 280 g/mol. The fourth-order valence-corrected chi connectivity index (χ4v) is 1.96. The molecule has 2 aromatic rings. The molecule has 3 heteroatoms. The number of rotatable bonds is 6. The molecule has 0 saturated carbocycles. The van der Waals surface area contributed by atoms with Crippen molar-refractivity contribution < 1.29 is 4.79 Å². The van der Waals surface area contributed by atoms with Crippen LogP contribution >= 0.6 is 0 Å². The Kier molecular flexibility index (Phi) is 5.71. The van der Waals surface area contributed by atoms with Gasteiger partial charge in [-0.25, -0.2) is 0 Å². The van der Waals surface area contributed by atoms with Crippen LogP contribution in [-0.4, -0.2) is 11.6 Å². The lowest BCUT2D eigenvalue weighted by Gasteiger charge is -2.05. The molecule has 0 aliphatic heterocycles. The lowest BCUT2D eigenvalue weighted by molar-refractivity contribution is -0.120. The number of benzene rings is 2. The van der Waals surface area contributed by atoms with Crippen molar-refractivity contribution in [2.45, 2.75) is 26.4 Å². The van der Waals surface area contributed by atoms with E-state index in [1.54, 1.807) is 0 Å². The number of hydrogen-bond acceptors (Lipinski definition) is 2. The van der Waals surface area contributed by atoms with Crippen LogP contribution in [0.5, 0.6) is 0 Å². The Morgan fingerprint density at radius 2 is 1.52 bits per heavy atom. The van der Waals surface area contributed by atoms with Crippen molar-refractivity contribution >= 4 is 11.6 Å². The van der Waals surface area contributed by atoms with Crippen molar-refractivity contribution in [1.29, 1.82) is 0 Å². The smallest absolute Gasteiger partial charge is 0.225 e. The Morgan fingerprint density at radius 3 is 2.14 bits per heavy atom. The Balaban J connectivity index is 1.76. The molecule has 0 atom stereocenters. The lowest BCUT2D eigenvalue weighted by Crippen LogP contribution is -2.24. The Labute approximate surface area is 125 Å². The molecule has 3 nitrogen and oxygen atoms in total. The van der Waals surface area contributed by atoms with Crippen molar-refractivity contribution in [3.05, 3.63) is 71.8 Å². The molecule has 2 aromatic carbocycles. The summed E-state index contributed by atoms with van der Waals surface area (Å²) in [5.74, 6) is 0.00756. The topological polar surface area (TPSA) is 41.5 Å². The molecule has 0 fully saturated rings. The van der Waals surface area contributed by atoms with Crippen molar-refractivity contribution in [2.75, 3.05) is 0 Å². The normalized spacial score (nSPS) is 11.2. The molecule has 0 saturated heterocycles. The molecule has 0 bridgehead atoms. The van der Waals surface area contributed by atoms with E-state index in [4.69, 9.17) is 0 Å². The van der Waals surface area contributed by atoms with Crippen LogP contribution < -0.4 is 5.32 Å². The number of hydrogen-bond donors (Lipinski definition) is 1. The highest BCUT2D eigenvalue weighted by Crippen LogP contribution is 2.02. The van der Waals surface area contributed by atoms with Crippen LogP contribution in [0.4, 0.5) is 0 Å². The van der Waals surface area contributed by atoms with Crippen molar-refractivity contribution in [3.63, 3.8) is 0 Å². The van der Waals surface area contributed by atoms with Gasteiger partial charge in [-0.15, -0.1) is 0 Å². The third-order valence-corrected chi connectivity index (χ3v) is 3.12. The maximum Gasteiger partial charge on any atom is 0.225 e. The number of nitrogens with zero attached hydrogens (tertiary/aromatic N) is 1. The second-order valence-electron chi connectivity index (χ2n) is 4.98. The second kappa shape index (κ2) is 8.00. The molecule has 0 spiro atoms. The van der Waals surface area contributed by atoms with Gasteiger partial charge in [-0.05, 0) is 18.1 Å². The quantitative estimate of drug-likeness (QED) is 0.810. The molecular formula is C18H20N2O. The molecule has 2 rings (SSSR count). The summed E-state index contributed by atoms with van der Waals surface area (Å²) in [5, 5.41) is 2.91. The van der Waals surface area contributed by atoms with E-state index in [0.29, 0.717) is 19.5 Å². The average Bonchev–Trinajstić information content (AvgIpc) is 2.53. The highest BCUT2D eigenvalue weighted by atomic mass is 16.1. The monoisotopic (exact) mass is 280 g/mol. The van der Waals surface area contributed by atoms with E-state index in [1.807, 2.05) is 67.6 Å². The summed E-state index contributed by atoms with van der Waals surface area (Å²) in [7, 11) is 0. The molecule has 0 aliphatic rings. The van der Waals surface area contributed by atoms with Crippen LogP contribution in [0.1, 0.15) is 24.5 Å².